The molecule has 5 rings (SSSR count). The molecule has 8 atom stereocenters. The highest BCUT2D eigenvalue weighted by Gasteiger charge is 2.76. The van der Waals surface area contributed by atoms with E-state index in [1.807, 2.05) is 27.7 Å². The maximum Gasteiger partial charge on any atom is 0.434 e. The maximum absolute atomic E-state index is 13.3. The van der Waals surface area contributed by atoms with Crippen molar-refractivity contribution in [2.45, 2.75) is 84.0 Å². The summed E-state index contributed by atoms with van der Waals surface area (Å²) >= 11 is 0. The van der Waals surface area contributed by atoms with Crippen LogP contribution in [-0.4, -0.2) is 48.6 Å². The molecule has 0 N–H and O–H groups in total. The van der Waals surface area contributed by atoms with Crippen LogP contribution in [0.2, 0.25) is 0 Å². The van der Waals surface area contributed by atoms with Gasteiger partial charge in [0.25, 0.3) is 6.10 Å². The predicted molar refractivity (Wildman–Crippen MR) is 117 cm³/mol. The van der Waals surface area contributed by atoms with Crippen molar-refractivity contribution in [2.24, 2.45) is 35.0 Å². The van der Waals surface area contributed by atoms with Gasteiger partial charge in [-0.3, -0.25) is 14.4 Å². The zero-order valence-corrected chi connectivity index (χ0v) is 21.2. The Kier molecular flexibility index (Phi) is 6.04. The maximum atomic E-state index is 13.3. The van der Waals surface area contributed by atoms with Crippen molar-refractivity contribution in [3.8, 4) is 0 Å². The highest BCUT2D eigenvalue weighted by molar-refractivity contribution is 6.03. The number of hydrogen-bond acceptors (Lipinski definition) is 6. The van der Waals surface area contributed by atoms with E-state index in [1.165, 1.54) is 11.1 Å². The van der Waals surface area contributed by atoms with Crippen molar-refractivity contribution >= 4 is 17.9 Å². The van der Waals surface area contributed by atoms with Gasteiger partial charge in [0, 0.05) is 11.8 Å². The van der Waals surface area contributed by atoms with Crippen LogP contribution in [-0.2, 0) is 28.6 Å². The van der Waals surface area contributed by atoms with Crippen molar-refractivity contribution in [2.75, 3.05) is 0 Å². The normalized spacial score (nSPS) is 37.2. The largest absolute Gasteiger partial charge is 0.458 e. The van der Waals surface area contributed by atoms with E-state index in [0.29, 0.717) is 6.42 Å². The second-order valence-electron chi connectivity index (χ2n) is 11.6. The third-order valence-electron chi connectivity index (χ3n) is 9.01. The fraction of sp³-hybridized carbons (Fsp3) is 0.731. The Morgan fingerprint density at radius 2 is 1.55 bits per heavy atom. The molecule has 1 aliphatic heterocycles. The summed E-state index contributed by atoms with van der Waals surface area (Å²) in [7, 11) is 0. The number of alkyl halides is 6. The summed E-state index contributed by atoms with van der Waals surface area (Å²) in [6.07, 6.45) is -17.1. The summed E-state index contributed by atoms with van der Waals surface area (Å²) in [5.74, 6) is -5.45. The molecule has 0 radical (unpaired) electrons. The van der Waals surface area contributed by atoms with E-state index in [0.717, 1.165) is 17.6 Å². The van der Waals surface area contributed by atoms with E-state index in [2.05, 4.69) is 4.74 Å². The fourth-order valence-corrected chi connectivity index (χ4v) is 7.77. The van der Waals surface area contributed by atoms with E-state index >= 15 is 0 Å². The molecule has 0 aromatic heterocycles. The van der Waals surface area contributed by atoms with Gasteiger partial charge < -0.3 is 14.2 Å². The number of hydrogen-bond donors (Lipinski definition) is 0. The van der Waals surface area contributed by atoms with Crippen LogP contribution in [0.15, 0.2) is 22.3 Å². The molecule has 0 amide bonds. The summed E-state index contributed by atoms with van der Waals surface area (Å²) < 4.78 is 92.8. The minimum absolute atomic E-state index is 0.0112. The summed E-state index contributed by atoms with van der Waals surface area (Å²) in [4.78, 5) is 38.7. The van der Waals surface area contributed by atoms with Crippen LogP contribution in [0, 0.1) is 35.0 Å². The first kappa shape index (κ1) is 27.1. The van der Waals surface area contributed by atoms with Crippen molar-refractivity contribution in [1.82, 2.24) is 0 Å². The monoisotopic (exact) mass is 550 g/mol. The Labute approximate surface area is 214 Å². The molecule has 12 heteroatoms. The van der Waals surface area contributed by atoms with Gasteiger partial charge in [-0.15, -0.1) is 0 Å². The highest BCUT2D eigenvalue weighted by Crippen LogP contribution is 2.64. The molecule has 8 unspecified atom stereocenters. The zero-order chi connectivity index (χ0) is 28.1. The minimum Gasteiger partial charge on any atom is -0.458 e. The number of fused-ring (bicyclic) bond motifs is 3. The topological polar surface area (TPSA) is 78.9 Å². The second-order valence-corrected chi connectivity index (χ2v) is 11.6. The third kappa shape index (κ3) is 3.79. The molecule has 0 spiro atoms. The zero-order valence-electron chi connectivity index (χ0n) is 21.2. The van der Waals surface area contributed by atoms with Crippen LogP contribution in [0.4, 0.5) is 26.3 Å². The number of halogens is 6. The van der Waals surface area contributed by atoms with Crippen molar-refractivity contribution in [3.63, 3.8) is 0 Å². The highest BCUT2D eigenvalue weighted by atomic mass is 19.4. The Morgan fingerprint density at radius 3 is 2.11 bits per heavy atom. The van der Waals surface area contributed by atoms with Gasteiger partial charge in [0.15, 0.2) is 5.41 Å². The van der Waals surface area contributed by atoms with E-state index in [1.54, 1.807) is 0 Å². The lowest BCUT2D eigenvalue weighted by molar-refractivity contribution is -0.315. The molecular formula is C26H28F6O6. The lowest BCUT2D eigenvalue weighted by Gasteiger charge is -2.33. The number of carbonyl (C=O) groups is 3. The molecule has 38 heavy (non-hydrogen) atoms. The average Bonchev–Trinajstić information content (AvgIpc) is 3.55. The standard InChI is InChI=1S/C26H28F6O6/c1-9(2)16-11-5-13(17(16)10(3)4)14(6-11)20(33)36-18-12-7-15-19(18)37-22(34)24(15,8-12)23(35)38-21(25(27,28)29)26(30,31)32/h11-15,18-19,21H,5-8H2,1-4H3. The lowest BCUT2D eigenvalue weighted by atomic mass is 9.73. The van der Waals surface area contributed by atoms with Gasteiger partial charge in [0.05, 0.1) is 5.92 Å². The second kappa shape index (κ2) is 8.48. The van der Waals surface area contributed by atoms with Crippen LogP contribution in [0.1, 0.15) is 53.4 Å². The number of rotatable bonds is 4. The molecule has 0 aromatic rings. The van der Waals surface area contributed by atoms with Crippen molar-refractivity contribution in [3.05, 3.63) is 22.3 Å². The van der Waals surface area contributed by atoms with Gasteiger partial charge in [0.2, 0.25) is 0 Å². The van der Waals surface area contributed by atoms with E-state index < -0.39 is 78.2 Å². The van der Waals surface area contributed by atoms with Gasteiger partial charge in [-0.2, -0.15) is 26.3 Å². The van der Waals surface area contributed by atoms with Crippen LogP contribution in [0.3, 0.4) is 0 Å². The van der Waals surface area contributed by atoms with E-state index in [9.17, 15) is 40.7 Å². The Bertz CT molecular complexity index is 1130. The smallest absolute Gasteiger partial charge is 0.434 e. The Hall–Kier alpha value is -2.53. The van der Waals surface area contributed by atoms with Gasteiger partial charge in [-0.05, 0) is 76.4 Å². The summed E-state index contributed by atoms with van der Waals surface area (Å²) in [6.45, 7) is 8.07. The molecule has 4 saturated carbocycles. The van der Waals surface area contributed by atoms with Gasteiger partial charge >= 0.3 is 30.3 Å². The lowest BCUT2D eigenvalue weighted by Crippen LogP contribution is -2.51. The average molecular weight is 550 g/mol. The number of allylic oxidation sites excluding steroid dienone is 4. The Balaban J connectivity index is 1.32. The first-order valence-electron chi connectivity index (χ1n) is 12.6. The molecule has 210 valence electrons. The molecule has 6 nitrogen and oxygen atoms in total. The molecule has 4 bridgehead atoms. The molecule has 1 heterocycles. The predicted octanol–water partition coefficient (Wildman–Crippen LogP) is 5.22. The molecular weight excluding hydrogens is 522 g/mol. The number of ether oxygens (including phenoxy) is 3. The van der Waals surface area contributed by atoms with Crippen LogP contribution >= 0.6 is 0 Å². The van der Waals surface area contributed by atoms with Gasteiger partial charge in [0.1, 0.15) is 12.2 Å². The molecule has 5 aliphatic rings. The SMILES string of the molecule is CC(C)=C1C(=C(C)C)C2CC1CC2C(=O)OC1C2CC3C1OC(=O)C3(C(=O)OC(C(F)(F)F)C(F)(F)F)C2. The van der Waals surface area contributed by atoms with Gasteiger partial charge in [-0.1, -0.05) is 11.1 Å². The third-order valence-corrected chi connectivity index (χ3v) is 9.01. The van der Waals surface area contributed by atoms with Crippen molar-refractivity contribution < 1.29 is 54.9 Å². The van der Waals surface area contributed by atoms with E-state index in [4.69, 9.17) is 9.47 Å². The fourth-order valence-electron chi connectivity index (χ4n) is 7.77. The van der Waals surface area contributed by atoms with Gasteiger partial charge in [-0.25, -0.2) is 0 Å². The minimum atomic E-state index is -5.90. The van der Waals surface area contributed by atoms with Crippen molar-refractivity contribution in [1.29, 1.82) is 0 Å². The molecule has 1 saturated heterocycles. The first-order valence-corrected chi connectivity index (χ1v) is 12.6. The number of carbonyl (C=O) groups excluding carboxylic acids is 3. The molecule has 5 fully saturated rings. The summed E-state index contributed by atoms with van der Waals surface area (Å²) in [5.41, 5.74) is 2.49. The summed E-state index contributed by atoms with van der Waals surface area (Å²) in [6, 6.07) is 0. The Morgan fingerprint density at radius 1 is 0.947 bits per heavy atom. The summed E-state index contributed by atoms with van der Waals surface area (Å²) in [5, 5.41) is 0. The first-order chi connectivity index (χ1) is 17.5. The van der Waals surface area contributed by atoms with Crippen LogP contribution in [0.25, 0.3) is 0 Å². The number of esters is 3. The van der Waals surface area contributed by atoms with Crippen LogP contribution < -0.4 is 0 Å². The molecule has 4 aliphatic carbocycles. The molecule has 0 aromatic carbocycles. The van der Waals surface area contributed by atoms with E-state index in [-0.39, 0.29) is 18.3 Å². The van der Waals surface area contributed by atoms with Crippen LogP contribution in [0.5, 0.6) is 0 Å². The quantitative estimate of drug-likeness (QED) is 0.207.